The van der Waals surface area contributed by atoms with E-state index in [1.807, 2.05) is 0 Å². The van der Waals surface area contributed by atoms with Crippen molar-refractivity contribution in [2.75, 3.05) is 14.2 Å². The topological polar surface area (TPSA) is 79.7 Å². The van der Waals surface area contributed by atoms with E-state index in [4.69, 9.17) is 14.2 Å². The zero-order valence-electron chi connectivity index (χ0n) is 16.8. The Morgan fingerprint density at radius 3 is 2.24 bits per heavy atom. The molecule has 0 bridgehead atoms. The highest BCUT2D eigenvalue weighted by atomic mass is 16.6. The molecule has 0 aliphatic rings. The summed E-state index contributed by atoms with van der Waals surface area (Å²) in [6, 6.07) is 12.0. The van der Waals surface area contributed by atoms with Gasteiger partial charge in [-0.2, -0.15) is 5.10 Å². The van der Waals surface area contributed by atoms with Crippen molar-refractivity contribution in [1.29, 1.82) is 0 Å². The van der Waals surface area contributed by atoms with E-state index < -0.39 is 5.97 Å². The molecule has 0 unspecified atom stereocenters. The molecule has 0 atom stereocenters. The van der Waals surface area contributed by atoms with E-state index in [1.54, 1.807) is 42.5 Å². The van der Waals surface area contributed by atoms with E-state index >= 15 is 0 Å². The Balaban J connectivity index is 2.06. The number of para-hydroxylation sites is 1. The van der Waals surface area contributed by atoms with Gasteiger partial charge in [0.2, 0.25) is 5.75 Å². The molecule has 7 nitrogen and oxygen atoms in total. The maximum atomic E-state index is 13.0. The van der Waals surface area contributed by atoms with E-state index in [9.17, 15) is 9.59 Å². The minimum atomic E-state index is -0.687. The number of carbonyl (C=O) groups is 1. The van der Waals surface area contributed by atoms with Crippen molar-refractivity contribution in [3.05, 3.63) is 58.5 Å². The average Bonchev–Trinajstić information content (AvgIpc) is 2.75. The van der Waals surface area contributed by atoms with Gasteiger partial charge >= 0.3 is 5.97 Å². The number of unbranched alkanes of at least 4 members (excludes halogenated alkanes) is 2. The second-order valence-corrected chi connectivity index (χ2v) is 6.51. The fourth-order valence-electron chi connectivity index (χ4n) is 3.11. The molecule has 0 amide bonds. The van der Waals surface area contributed by atoms with Gasteiger partial charge in [-0.15, -0.1) is 0 Å². The maximum absolute atomic E-state index is 13.0. The van der Waals surface area contributed by atoms with Gasteiger partial charge < -0.3 is 14.2 Å². The number of esters is 1. The molecule has 152 valence electrons. The molecule has 1 heterocycles. The second-order valence-electron chi connectivity index (χ2n) is 6.51. The molecule has 0 aliphatic heterocycles. The Kier molecular flexibility index (Phi) is 6.49. The van der Waals surface area contributed by atoms with Crippen LogP contribution in [0.5, 0.6) is 17.2 Å². The molecule has 1 aromatic heterocycles. The van der Waals surface area contributed by atoms with Crippen molar-refractivity contribution in [3.8, 4) is 17.2 Å². The predicted octanol–water partition coefficient (Wildman–Crippen LogP) is 3.82. The number of methoxy groups -OCH3 is 2. The quantitative estimate of drug-likeness (QED) is 0.327. The molecule has 0 saturated carbocycles. The van der Waals surface area contributed by atoms with Crippen molar-refractivity contribution >= 4 is 16.7 Å². The zero-order chi connectivity index (χ0) is 20.8. The third-order valence-corrected chi connectivity index (χ3v) is 4.61. The van der Waals surface area contributed by atoms with E-state index in [1.165, 1.54) is 18.9 Å². The maximum Gasteiger partial charge on any atom is 0.365 e. The molecule has 7 heteroatoms. The summed E-state index contributed by atoms with van der Waals surface area (Å²) in [5, 5.41) is 5.20. The van der Waals surface area contributed by atoms with E-state index in [2.05, 4.69) is 12.0 Å². The molecule has 2 aromatic carbocycles. The molecule has 3 aromatic rings. The summed E-state index contributed by atoms with van der Waals surface area (Å²) in [4.78, 5) is 25.8. The molecule has 0 spiro atoms. The number of aryl methyl sites for hydroxylation is 1. The summed E-state index contributed by atoms with van der Waals surface area (Å²) >= 11 is 0. The number of aromatic nitrogens is 2. The van der Waals surface area contributed by atoms with Gasteiger partial charge in [0.15, 0.2) is 17.2 Å². The molecule has 29 heavy (non-hydrogen) atoms. The van der Waals surface area contributed by atoms with Crippen molar-refractivity contribution in [2.24, 2.45) is 0 Å². The van der Waals surface area contributed by atoms with E-state index in [-0.39, 0.29) is 17.0 Å². The standard InChI is InChI=1S/C22H24N2O5/c1-4-5-8-14-24-21(25)16-11-7-6-10-15(16)19(23-24)22(26)29-20-17(27-2)12-9-13-18(20)28-3/h6-7,9-13H,4-5,8,14H2,1-3H3. The predicted molar refractivity (Wildman–Crippen MR) is 110 cm³/mol. The van der Waals surface area contributed by atoms with Crippen LogP contribution in [0.4, 0.5) is 0 Å². The van der Waals surface area contributed by atoms with Gasteiger partial charge in [0.05, 0.1) is 19.6 Å². The van der Waals surface area contributed by atoms with Crippen LogP contribution in [0.2, 0.25) is 0 Å². The number of fused-ring (bicyclic) bond motifs is 1. The summed E-state index contributed by atoms with van der Waals surface area (Å²) in [5.74, 6) is 0.196. The van der Waals surface area contributed by atoms with Gasteiger partial charge in [-0.3, -0.25) is 4.79 Å². The van der Waals surface area contributed by atoms with Crippen LogP contribution in [0.15, 0.2) is 47.3 Å². The average molecular weight is 396 g/mol. The van der Waals surface area contributed by atoms with E-state index in [0.717, 1.165) is 19.3 Å². The molecular weight excluding hydrogens is 372 g/mol. The number of benzene rings is 2. The lowest BCUT2D eigenvalue weighted by Gasteiger charge is -2.14. The first kappa shape index (κ1) is 20.4. The number of rotatable bonds is 8. The SMILES string of the molecule is CCCCCn1nc(C(=O)Oc2c(OC)cccc2OC)c2ccccc2c1=O. The minimum Gasteiger partial charge on any atom is -0.493 e. The zero-order valence-corrected chi connectivity index (χ0v) is 16.8. The summed E-state index contributed by atoms with van der Waals surface area (Å²) in [6.45, 7) is 2.52. The van der Waals surface area contributed by atoms with Crippen molar-refractivity contribution in [1.82, 2.24) is 9.78 Å². The van der Waals surface area contributed by atoms with Crippen LogP contribution in [-0.4, -0.2) is 30.0 Å². The van der Waals surface area contributed by atoms with E-state index in [0.29, 0.717) is 28.8 Å². The highest BCUT2D eigenvalue weighted by Gasteiger charge is 2.22. The molecule has 3 rings (SSSR count). The fourth-order valence-corrected chi connectivity index (χ4v) is 3.11. The fraction of sp³-hybridized carbons (Fsp3) is 0.318. The van der Waals surface area contributed by atoms with Crippen molar-refractivity contribution < 1.29 is 19.0 Å². The second kappa shape index (κ2) is 9.23. The first-order valence-corrected chi connectivity index (χ1v) is 9.53. The van der Waals surface area contributed by atoms with Crippen LogP contribution in [0.3, 0.4) is 0 Å². The molecule has 0 N–H and O–H groups in total. The number of ether oxygens (including phenoxy) is 3. The number of hydrogen-bond donors (Lipinski definition) is 0. The third kappa shape index (κ3) is 4.23. The normalized spacial score (nSPS) is 10.7. The first-order chi connectivity index (χ1) is 14.1. The van der Waals surface area contributed by atoms with Gasteiger partial charge in [0.1, 0.15) is 0 Å². The van der Waals surface area contributed by atoms with Gasteiger partial charge in [-0.1, -0.05) is 44.0 Å². The number of hydrogen-bond acceptors (Lipinski definition) is 6. The van der Waals surface area contributed by atoms with Gasteiger partial charge in [-0.25, -0.2) is 9.48 Å². The Bertz CT molecular complexity index is 1050. The number of nitrogens with zero attached hydrogens (tertiary/aromatic N) is 2. The molecular formula is C22H24N2O5. The van der Waals surface area contributed by atoms with Crippen LogP contribution < -0.4 is 19.8 Å². The van der Waals surface area contributed by atoms with Crippen LogP contribution in [0.25, 0.3) is 10.8 Å². The Hall–Kier alpha value is -3.35. The van der Waals surface area contributed by atoms with Crippen molar-refractivity contribution in [3.63, 3.8) is 0 Å². The largest absolute Gasteiger partial charge is 0.493 e. The lowest BCUT2D eigenvalue weighted by atomic mass is 10.1. The molecule has 0 fully saturated rings. The van der Waals surface area contributed by atoms with Crippen molar-refractivity contribution in [2.45, 2.75) is 32.7 Å². The highest BCUT2D eigenvalue weighted by Crippen LogP contribution is 2.37. The third-order valence-electron chi connectivity index (χ3n) is 4.61. The molecule has 0 radical (unpaired) electrons. The summed E-state index contributed by atoms with van der Waals surface area (Å²) in [6.07, 6.45) is 2.79. The van der Waals surface area contributed by atoms with Crippen LogP contribution >= 0.6 is 0 Å². The smallest absolute Gasteiger partial charge is 0.365 e. The summed E-state index contributed by atoms with van der Waals surface area (Å²) in [5.41, 5.74) is -0.146. The lowest BCUT2D eigenvalue weighted by molar-refractivity contribution is 0.0717. The summed E-state index contributed by atoms with van der Waals surface area (Å²) < 4.78 is 17.5. The summed E-state index contributed by atoms with van der Waals surface area (Å²) in [7, 11) is 2.96. The van der Waals surface area contributed by atoms with Crippen LogP contribution in [-0.2, 0) is 6.54 Å². The molecule has 0 aliphatic carbocycles. The van der Waals surface area contributed by atoms with Crippen LogP contribution in [0, 0.1) is 0 Å². The van der Waals surface area contributed by atoms with Crippen LogP contribution in [0.1, 0.15) is 36.7 Å². The lowest BCUT2D eigenvalue weighted by Crippen LogP contribution is -2.27. The van der Waals surface area contributed by atoms with Gasteiger partial charge in [0.25, 0.3) is 5.56 Å². The monoisotopic (exact) mass is 396 g/mol. The Labute approximate surface area is 168 Å². The Morgan fingerprint density at radius 2 is 1.62 bits per heavy atom. The Morgan fingerprint density at radius 1 is 0.966 bits per heavy atom. The van der Waals surface area contributed by atoms with Gasteiger partial charge in [-0.05, 0) is 24.6 Å². The first-order valence-electron chi connectivity index (χ1n) is 9.53. The minimum absolute atomic E-state index is 0.0738. The molecule has 0 saturated heterocycles. The van der Waals surface area contributed by atoms with Gasteiger partial charge in [0, 0.05) is 11.9 Å². The number of carbonyl (C=O) groups excluding carboxylic acids is 1. The highest BCUT2D eigenvalue weighted by molar-refractivity contribution is 6.03.